The average Bonchev–Trinajstić information content (AvgIpc) is 3.69. The van der Waals surface area contributed by atoms with E-state index in [0.717, 1.165) is 17.5 Å². The van der Waals surface area contributed by atoms with Gasteiger partial charge in [-0.3, -0.25) is 0 Å². The molecule has 0 radical (unpaired) electrons. The lowest BCUT2D eigenvalue weighted by atomic mass is 9.98. The lowest BCUT2D eigenvalue weighted by molar-refractivity contribution is -0.172. The molecule has 1 heterocycles. The van der Waals surface area contributed by atoms with Gasteiger partial charge in [0, 0.05) is 17.3 Å². The molecule has 3 aromatic carbocycles. The number of benzene rings is 3. The first-order chi connectivity index (χ1) is 19.8. The lowest BCUT2D eigenvalue weighted by Gasteiger charge is -2.23. The molecule has 3 aromatic rings. The number of hydrogen-bond donors (Lipinski definition) is 0. The molecular formula is C33H33BrO6S. The summed E-state index contributed by atoms with van der Waals surface area (Å²) >= 11 is 3.46. The third-order valence-corrected chi connectivity index (χ3v) is 11.3. The molecule has 0 aromatic heterocycles. The van der Waals surface area contributed by atoms with Crippen molar-refractivity contribution in [2.75, 3.05) is 6.61 Å². The standard InChI is InChI=1S/C33H33BrO6S/c1-2-38-32(35)27(25-13-16-29(28(34)20-25)41(36,37)26-14-15-26)19-22-17-18-33(21-22)39-30(23-9-5-3-6-10-23)31(40-33)24-11-7-4-8-12-24/h3-13,16,19-20,22,26,30-31H,2,14-15,17-18,21H2,1H3/b27-19+/t22-,30-,31-/m1/s1. The van der Waals surface area contributed by atoms with Gasteiger partial charge in [-0.05, 0) is 76.9 Å². The van der Waals surface area contributed by atoms with Crippen LogP contribution in [-0.4, -0.2) is 32.0 Å². The van der Waals surface area contributed by atoms with Gasteiger partial charge in [0.05, 0.1) is 22.3 Å². The summed E-state index contributed by atoms with van der Waals surface area (Å²) in [4.78, 5) is 13.4. The van der Waals surface area contributed by atoms with Crippen molar-refractivity contribution in [3.8, 4) is 0 Å². The molecule has 2 saturated carbocycles. The Balaban J connectivity index is 1.29. The minimum atomic E-state index is -3.38. The Morgan fingerprint density at radius 1 is 0.951 bits per heavy atom. The van der Waals surface area contributed by atoms with Crippen molar-refractivity contribution in [2.24, 2.45) is 5.92 Å². The summed E-state index contributed by atoms with van der Waals surface area (Å²) < 4.78 is 45.1. The first-order valence-electron chi connectivity index (χ1n) is 14.2. The van der Waals surface area contributed by atoms with Gasteiger partial charge in [0.1, 0.15) is 12.2 Å². The smallest absolute Gasteiger partial charge is 0.338 e. The quantitative estimate of drug-likeness (QED) is 0.190. The third-order valence-electron chi connectivity index (χ3n) is 8.09. The summed E-state index contributed by atoms with van der Waals surface area (Å²) in [5.41, 5.74) is 3.16. The number of halogens is 1. The molecule has 3 fully saturated rings. The molecule has 6 nitrogen and oxygen atoms in total. The highest BCUT2D eigenvalue weighted by Crippen LogP contribution is 2.54. The Labute approximate surface area is 249 Å². The molecule has 6 rings (SSSR count). The second-order valence-corrected chi connectivity index (χ2v) is 14.1. The number of carbonyl (C=O) groups excluding carboxylic acids is 1. The molecule has 3 atom stereocenters. The van der Waals surface area contributed by atoms with Gasteiger partial charge in [-0.25, -0.2) is 13.2 Å². The zero-order chi connectivity index (χ0) is 28.6. The molecule has 0 N–H and O–H groups in total. The van der Waals surface area contributed by atoms with Gasteiger partial charge in [0.15, 0.2) is 15.6 Å². The van der Waals surface area contributed by atoms with Crippen molar-refractivity contribution in [2.45, 2.75) is 67.2 Å². The van der Waals surface area contributed by atoms with Crippen LogP contribution in [0.3, 0.4) is 0 Å². The van der Waals surface area contributed by atoms with Crippen LogP contribution >= 0.6 is 15.9 Å². The van der Waals surface area contributed by atoms with Crippen molar-refractivity contribution in [3.63, 3.8) is 0 Å². The van der Waals surface area contributed by atoms with E-state index >= 15 is 0 Å². The fraction of sp³-hybridized carbons (Fsp3) is 0.364. The van der Waals surface area contributed by atoms with E-state index in [1.165, 1.54) is 0 Å². The Bertz CT molecular complexity index is 1500. The zero-order valence-corrected chi connectivity index (χ0v) is 25.3. The van der Waals surface area contributed by atoms with E-state index in [0.29, 0.717) is 41.3 Å². The molecule has 41 heavy (non-hydrogen) atoms. The van der Waals surface area contributed by atoms with E-state index in [2.05, 4.69) is 40.2 Å². The van der Waals surface area contributed by atoms with Crippen LogP contribution in [0.25, 0.3) is 5.57 Å². The van der Waals surface area contributed by atoms with Crippen molar-refractivity contribution in [3.05, 3.63) is 106 Å². The first kappa shape index (κ1) is 28.3. The van der Waals surface area contributed by atoms with Crippen LogP contribution in [0.5, 0.6) is 0 Å². The Morgan fingerprint density at radius 2 is 1.56 bits per heavy atom. The summed E-state index contributed by atoms with van der Waals surface area (Å²) in [6.45, 7) is 2.01. The summed E-state index contributed by atoms with van der Waals surface area (Å²) in [5, 5.41) is -0.315. The number of esters is 1. The maximum absolute atomic E-state index is 13.1. The number of ether oxygens (including phenoxy) is 3. The van der Waals surface area contributed by atoms with Crippen molar-refractivity contribution >= 4 is 37.3 Å². The van der Waals surface area contributed by atoms with E-state index < -0.39 is 21.6 Å². The molecule has 1 saturated heterocycles. The minimum absolute atomic E-state index is 0.00833. The van der Waals surface area contributed by atoms with Gasteiger partial charge >= 0.3 is 5.97 Å². The lowest BCUT2D eigenvalue weighted by Crippen LogP contribution is -2.26. The maximum atomic E-state index is 13.1. The second-order valence-electron chi connectivity index (χ2n) is 11.0. The number of rotatable bonds is 8. The second kappa shape index (κ2) is 11.5. The molecule has 8 heteroatoms. The van der Waals surface area contributed by atoms with Crippen LogP contribution in [0.4, 0.5) is 0 Å². The van der Waals surface area contributed by atoms with Gasteiger partial charge in [-0.1, -0.05) is 72.8 Å². The Kier molecular flexibility index (Phi) is 7.94. The van der Waals surface area contributed by atoms with E-state index in [4.69, 9.17) is 14.2 Å². The third kappa shape index (κ3) is 5.80. The monoisotopic (exact) mass is 636 g/mol. The van der Waals surface area contributed by atoms with E-state index in [-0.39, 0.29) is 34.9 Å². The number of carbonyl (C=O) groups is 1. The van der Waals surface area contributed by atoms with Gasteiger partial charge in [0.2, 0.25) is 0 Å². The van der Waals surface area contributed by atoms with Crippen LogP contribution < -0.4 is 0 Å². The molecule has 0 amide bonds. The largest absolute Gasteiger partial charge is 0.462 e. The molecule has 1 spiro atoms. The average molecular weight is 638 g/mol. The fourth-order valence-electron chi connectivity index (χ4n) is 5.93. The number of sulfone groups is 1. The van der Waals surface area contributed by atoms with E-state index in [1.54, 1.807) is 25.1 Å². The van der Waals surface area contributed by atoms with Crippen molar-refractivity contribution in [1.82, 2.24) is 0 Å². The van der Waals surface area contributed by atoms with Gasteiger partial charge in [0.25, 0.3) is 0 Å². The van der Waals surface area contributed by atoms with Crippen molar-refractivity contribution in [1.29, 1.82) is 0 Å². The van der Waals surface area contributed by atoms with Crippen LogP contribution in [0.2, 0.25) is 0 Å². The molecule has 0 unspecified atom stereocenters. The van der Waals surface area contributed by atoms with Crippen LogP contribution in [-0.2, 0) is 28.8 Å². The van der Waals surface area contributed by atoms with Gasteiger partial charge in [-0.2, -0.15) is 0 Å². The Morgan fingerprint density at radius 3 is 2.10 bits per heavy atom. The summed E-state index contributed by atoms with van der Waals surface area (Å²) in [5.74, 6) is -1.20. The number of allylic oxidation sites excluding steroid dienone is 1. The SMILES string of the molecule is CCOC(=O)/C(=C/[C@H]1CCC2(C1)O[C@H](c1ccccc1)[C@@H](c1ccccc1)O2)c1ccc(S(=O)(=O)C2CC2)c(Br)c1. The molecule has 0 bridgehead atoms. The zero-order valence-electron chi connectivity index (χ0n) is 22.9. The highest BCUT2D eigenvalue weighted by atomic mass is 79.9. The fourth-order valence-corrected chi connectivity index (χ4v) is 8.69. The van der Waals surface area contributed by atoms with Crippen LogP contribution in [0.1, 0.15) is 67.9 Å². The van der Waals surface area contributed by atoms with E-state index in [1.807, 2.05) is 42.5 Å². The van der Waals surface area contributed by atoms with Crippen LogP contribution in [0, 0.1) is 5.92 Å². The molecule has 3 aliphatic rings. The summed E-state index contributed by atoms with van der Waals surface area (Å²) in [7, 11) is -3.38. The Hall–Kier alpha value is -2.78. The van der Waals surface area contributed by atoms with Crippen LogP contribution in [0.15, 0.2) is 94.3 Å². The highest BCUT2D eigenvalue weighted by molar-refractivity contribution is 9.10. The van der Waals surface area contributed by atoms with Gasteiger partial charge in [-0.15, -0.1) is 0 Å². The van der Waals surface area contributed by atoms with E-state index in [9.17, 15) is 13.2 Å². The maximum Gasteiger partial charge on any atom is 0.338 e. The summed E-state index contributed by atoms with van der Waals surface area (Å²) in [6.07, 6.45) is 4.90. The molecular weight excluding hydrogens is 604 g/mol. The summed E-state index contributed by atoms with van der Waals surface area (Å²) in [6, 6.07) is 25.3. The normalized spacial score (nSPS) is 24.0. The predicted molar refractivity (Wildman–Crippen MR) is 160 cm³/mol. The minimum Gasteiger partial charge on any atom is -0.462 e. The molecule has 214 valence electrons. The highest BCUT2D eigenvalue weighted by Gasteiger charge is 2.52. The predicted octanol–water partition coefficient (Wildman–Crippen LogP) is 7.36. The number of hydrogen-bond acceptors (Lipinski definition) is 6. The van der Waals surface area contributed by atoms with Crippen molar-refractivity contribution < 1.29 is 27.4 Å². The molecule has 2 aliphatic carbocycles. The topological polar surface area (TPSA) is 78.9 Å². The van der Waals surface area contributed by atoms with Gasteiger partial charge < -0.3 is 14.2 Å². The first-order valence-corrected chi connectivity index (χ1v) is 16.5. The molecule has 1 aliphatic heterocycles.